The van der Waals surface area contributed by atoms with Gasteiger partial charge in [-0.25, -0.2) is 0 Å². The molecule has 5 atom stereocenters. The summed E-state index contributed by atoms with van der Waals surface area (Å²) in [5.41, 5.74) is 0.648. The highest BCUT2D eigenvalue weighted by molar-refractivity contribution is 5.05. The third-order valence-corrected chi connectivity index (χ3v) is 5.75. The molecule has 3 aliphatic carbocycles. The van der Waals surface area contributed by atoms with Crippen molar-refractivity contribution in [1.82, 2.24) is 0 Å². The second-order valence-corrected chi connectivity index (χ2v) is 6.74. The van der Waals surface area contributed by atoms with Gasteiger partial charge in [0.1, 0.15) is 0 Å². The van der Waals surface area contributed by atoms with Crippen molar-refractivity contribution >= 4 is 0 Å². The molecule has 4 fully saturated rings. The van der Waals surface area contributed by atoms with Crippen molar-refractivity contribution in [2.75, 3.05) is 6.61 Å². The second kappa shape index (κ2) is 3.23. The number of hydrogen-bond donors (Lipinski definition) is 0. The van der Waals surface area contributed by atoms with Crippen LogP contribution in [0.4, 0.5) is 0 Å². The molecule has 1 heterocycles. The Bertz CT molecular complexity index is 256. The van der Waals surface area contributed by atoms with Gasteiger partial charge in [0.2, 0.25) is 0 Å². The van der Waals surface area contributed by atoms with E-state index in [-0.39, 0.29) is 0 Å². The van der Waals surface area contributed by atoms with Crippen LogP contribution in [0.2, 0.25) is 0 Å². The molecular formula is C14H24O. The summed E-state index contributed by atoms with van der Waals surface area (Å²) in [5, 5.41) is 0. The van der Waals surface area contributed by atoms with E-state index in [1.807, 2.05) is 0 Å². The summed E-state index contributed by atoms with van der Waals surface area (Å²) in [5.74, 6) is 3.91. The first kappa shape index (κ1) is 10.1. The fourth-order valence-corrected chi connectivity index (χ4v) is 4.58. The van der Waals surface area contributed by atoms with Crippen LogP contribution < -0.4 is 0 Å². The molecule has 2 bridgehead atoms. The van der Waals surface area contributed by atoms with Crippen LogP contribution in [-0.2, 0) is 4.74 Å². The third kappa shape index (κ3) is 1.39. The van der Waals surface area contributed by atoms with Crippen molar-refractivity contribution in [2.45, 2.75) is 52.6 Å². The van der Waals surface area contributed by atoms with Gasteiger partial charge in [0.05, 0.1) is 12.7 Å². The third-order valence-electron chi connectivity index (χ3n) is 5.75. The van der Waals surface area contributed by atoms with Crippen LogP contribution in [0.3, 0.4) is 0 Å². The molecule has 0 aromatic rings. The molecule has 15 heavy (non-hydrogen) atoms. The topological polar surface area (TPSA) is 9.23 Å². The second-order valence-electron chi connectivity index (χ2n) is 6.74. The molecule has 0 amide bonds. The minimum Gasteiger partial charge on any atom is -0.378 e. The van der Waals surface area contributed by atoms with Gasteiger partial charge < -0.3 is 4.74 Å². The van der Waals surface area contributed by atoms with Crippen molar-refractivity contribution in [2.24, 2.45) is 29.1 Å². The molecule has 4 rings (SSSR count). The minimum absolute atomic E-state index is 0.524. The maximum atomic E-state index is 5.75. The van der Waals surface area contributed by atoms with Gasteiger partial charge >= 0.3 is 0 Å². The van der Waals surface area contributed by atoms with Crippen LogP contribution in [0.1, 0.15) is 46.5 Å². The summed E-state index contributed by atoms with van der Waals surface area (Å²) in [7, 11) is 0. The van der Waals surface area contributed by atoms with E-state index in [0.717, 1.165) is 30.3 Å². The first-order valence-corrected chi connectivity index (χ1v) is 6.70. The smallest absolute Gasteiger partial charge is 0.0550 e. The first-order valence-electron chi connectivity index (χ1n) is 6.70. The lowest BCUT2D eigenvalue weighted by atomic mass is 9.44. The molecule has 1 heteroatoms. The van der Waals surface area contributed by atoms with Gasteiger partial charge in [-0.1, -0.05) is 13.8 Å². The highest BCUT2D eigenvalue weighted by Gasteiger charge is 2.56. The summed E-state index contributed by atoms with van der Waals surface area (Å²) in [4.78, 5) is 0. The Kier molecular flexibility index (Phi) is 2.18. The maximum Gasteiger partial charge on any atom is 0.0550 e. The van der Waals surface area contributed by atoms with Gasteiger partial charge in [0.15, 0.2) is 0 Å². The van der Waals surface area contributed by atoms with E-state index in [1.165, 1.54) is 25.7 Å². The number of hydrogen-bond acceptors (Lipinski definition) is 1. The Morgan fingerprint density at radius 2 is 1.93 bits per heavy atom. The standard InChI is InChI=1S/C14H24O/c1-9-6-10(8-15-9)12-5-4-11-7-13(12)14(11,2)3/h9-13H,4-8H2,1-3H3. The van der Waals surface area contributed by atoms with Crippen LogP contribution in [-0.4, -0.2) is 12.7 Å². The van der Waals surface area contributed by atoms with E-state index in [1.54, 1.807) is 0 Å². The molecule has 4 aliphatic rings. The van der Waals surface area contributed by atoms with Crippen molar-refractivity contribution in [3.63, 3.8) is 0 Å². The number of rotatable bonds is 1. The molecule has 1 aliphatic heterocycles. The summed E-state index contributed by atoms with van der Waals surface area (Å²) in [6.07, 6.45) is 6.33. The lowest BCUT2D eigenvalue weighted by Crippen LogP contribution is -2.54. The van der Waals surface area contributed by atoms with Gasteiger partial charge in [0.25, 0.3) is 0 Å². The lowest BCUT2D eigenvalue weighted by Gasteiger charge is -2.61. The first-order chi connectivity index (χ1) is 7.09. The molecule has 1 saturated heterocycles. The largest absolute Gasteiger partial charge is 0.378 e. The summed E-state index contributed by atoms with van der Waals surface area (Å²) < 4.78 is 5.75. The van der Waals surface area contributed by atoms with E-state index in [0.29, 0.717) is 11.5 Å². The van der Waals surface area contributed by atoms with Gasteiger partial charge in [-0.2, -0.15) is 0 Å². The molecule has 5 unspecified atom stereocenters. The lowest BCUT2D eigenvalue weighted by molar-refractivity contribution is -0.121. The molecule has 0 N–H and O–H groups in total. The van der Waals surface area contributed by atoms with E-state index in [2.05, 4.69) is 20.8 Å². The Labute approximate surface area is 93.6 Å². The molecule has 0 spiro atoms. The quantitative estimate of drug-likeness (QED) is 0.641. The van der Waals surface area contributed by atoms with Crippen LogP contribution >= 0.6 is 0 Å². The van der Waals surface area contributed by atoms with Crippen LogP contribution in [0.25, 0.3) is 0 Å². The maximum absolute atomic E-state index is 5.75. The van der Waals surface area contributed by atoms with E-state index in [9.17, 15) is 0 Å². The Morgan fingerprint density at radius 3 is 2.47 bits per heavy atom. The van der Waals surface area contributed by atoms with E-state index in [4.69, 9.17) is 4.74 Å². The van der Waals surface area contributed by atoms with Crippen molar-refractivity contribution < 1.29 is 4.74 Å². The van der Waals surface area contributed by atoms with Crippen LogP contribution in [0.5, 0.6) is 0 Å². The van der Waals surface area contributed by atoms with Gasteiger partial charge in [-0.15, -0.1) is 0 Å². The minimum atomic E-state index is 0.524. The van der Waals surface area contributed by atoms with Crippen molar-refractivity contribution in [3.8, 4) is 0 Å². The average Bonchev–Trinajstić information content (AvgIpc) is 2.64. The zero-order valence-corrected chi connectivity index (χ0v) is 10.3. The predicted molar refractivity (Wildman–Crippen MR) is 61.6 cm³/mol. The molecule has 0 aromatic heterocycles. The predicted octanol–water partition coefficient (Wildman–Crippen LogP) is 3.48. The monoisotopic (exact) mass is 208 g/mol. The summed E-state index contributed by atoms with van der Waals surface area (Å²) in [6, 6.07) is 0. The zero-order chi connectivity index (χ0) is 10.6. The number of fused-ring (bicyclic) bond motifs is 2. The Balaban J connectivity index is 1.72. The molecule has 86 valence electrons. The molecular weight excluding hydrogens is 184 g/mol. The molecule has 3 saturated carbocycles. The normalized spacial score (nSPS) is 52.6. The summed E-state index contributed by atoms with van der Waals surface area (Å²) >= 11 is 0. The van der Waals surface area contributed by atoms with Gasteiger partial charge in [0, 0.05) is 0 Å². The summed E-state index contributed by atoms with van der Waals surface area (Å²) in [6.45, 7) is 8.27. The average molecular weight is 208 g/mol. The fourth-order valence-electron chi connectivity index (χ4n) is 4.58. The highest BCUT2D eigenvalue weighted by Crippen LogP contribution is 2.63. The SMILES string of the molecule is CC1CC(C2CCC3CC2C3(C)C)CO1. The Hall–Kier alpha value is -0.0400. The van der Waals surface area contributed by atoms with Gasteiger partial charge in [-0.3, -0.25) is 0 Å². The van der Waals surface area contributed by atoms with E-state index < -0.39 is 0 Å². The van der Waals surface area contributed by atoms with Crippen molar-refractivity contribution in [3.05, 3.63) is 0 Å². The number of ether oxygens (including phenoxy) is 1. The highest BCUT2D eigenvalue weighted by atomic mass is 16.5. The zero-order valence-electron chi connectivity index (χ0n) is 10.3. The fraction of sp³-hybridized carbons (Fsp3) is 1.00. The van der Waals surface area contributed by atoms with Crippen molar-refractivity contribution in [1.29, 1.82) is 0 Å². The molecule has 1 nitrogen and oxygen atoms in total. The van der Waals surface area contributed by atoms with Crippen LogP contribution in [0, 0.1) is 29.1 Å². The molecule has 0 aromatic carbocycles. The molecule has 0 radical (unpaired) electrons. The Morgan fingerprint density at radius 1 is 1.13 bits per heavy atom. The van der Waals surface area contributed by atoms with E-state index >= 15 is 0 Å². The van der Waals surface area contributed by atoms with Gasteiger partial charge in [-0.05, 0) is 61.7 Å². The van der Waals surface area contributed by atoms with Crippen LogP contribution in [0.15, 0.2) is 0 Å².